The molecule has 0 bridgehead atoms. The summed E-state index contributed by atoms with van der Waals surface area (Å²) in [4.78, 5) is 25.1. The maximum absolute atomic E-state index is 12.9. The second-order valence-electron chi connectivity index (χ2n) is 6.50. The van der Waals surface area contributed by atoms with Crippen LogP contribution in [0, 0.1) is 0 Å². The van der Waals surface area contributed by atoms with Crippen molar-refractivity contribution in [2.45, 2.75) is 26.8 Å². The van der Waals surface area contributed by atoms with Gasteiger partial charge in [-0.1, -0.05) is 23.2 Å². The summed E-state index contributed by atoms with van der Waals surface area (Å²) in [5, 5.41) is 11.0. The van der Waals surface area contributed by atoms with Crippen LogP contribution in [0.25, 0.3) is 0 Å². The number of ether oxygens (including phenoxy) is 4. The summed E-state index contributed by atoms with van der Waals surface area (Å²) in [5.41, 5.74) is 0.352. The number of methoxy groups -OCH3 is 2. The molecule has 1 amide bonds. The van der Waals surface area contributed by atoms with Gasteiger partial charge in [-0.3, -0.25) is 9.59 Å². The molecule has 1 N–H and O–H groups in total. The van der Waals surface area contributed by atoms with Gasteiger partial charge in [0.2, 0.25) is 6.04 Å². The lowest BCUT2D eigenvalue weighted by molar-refractivity contribution is -0.126. The number of nitrogens with one attached hydrogen (secondary N) is 1. The van der Waals surface area contributed by atoms with Gasteiger partial charge in [0.15, 0.2) is 17.3 Å². The van der Waals surface area contributed by atoms with E-state index in [1.807, 2.05) is 6.92 Å². The van der Waals surface area contributed by atoms with Gasteiger partial charge in [0, 0.05) is 11.1 Å². The Kier molecular flexibility index (Phi) is 9.74. The number of hydrogen-bond acceptors (Lipinski definition) is 8. The lowest BCUT2D eigenvalue weighted by Gasteiger charge is -2.16. The average Bonchev–Trinajstić information content (AvgIpc) is 2.77. The van der Waals surface area contributed by atoms with Crippen LogP contribution in [-0.2, 0) is 9.59 Å². The number of carbonyl (C=O) groups excluding carboxylic acids is 2. The van der Waals surface area contributed by atoms with E-state index in [4.69, 9.17) is 42.1 Å². The van der Waals surface area contributed by atoms with E-state index in [1.54, 1.807) is 25.1 Å². The molecule has 2 aromatic rings. The number of halogens is 2. The van der Waals surface area contributed by atoms with Gasteiger partial charge in [0.1, 0.15) is 27.9 Å². The molecule has 2 aromatic carbocycles. The Morgan fingerprint density at radius 1 is 1.00 bits per heavy atom. The number of amides is 1. The van der Waals surface area contributed by atoms with Crippen LogP contribution in [0.3, 0.4) is 0 Å². The number of hydrogen-bond donors (Lipinski definition) is 1. The highest BCUT2D eigenvalue weighted by atomic mass is 35.5. The molecule has 11 heteroatoms. The molecule has 0 spiro atoms. The Morgan fingerprint density at radius 3 is 2.21 bits per heavy atom. The van der Waals surface area contributed by atoms with Gasteiger partial charge < -0.3 is 24.3 Å². The number of rotatable bonds is 11. The third-order valence-corrected chi connectivity index (χ3v) is 4.85. The van der Waals surface area contributed by atoms with Crippen molar-refractivity contribution in [2.24, 2.45) is 10.2 Å². The maximum Gasteiger partial charge on any atom is 0.258 e. The second-order valence-corrected chi connectivity index (χ2v) is 7.31. The first kappa shape index (κ1) is 26.2. The fourth-order valence-electron chi connectivity index (χ4n) is 2.79. The van der Waals surface area contributed by atoms with E-state index < -0.39 is 17.7 Å². The highest BCUT2D eigenvalue weighted by molar-refractivity contribution is 6.36. The lowest BCUT2D eigenvalue weighted by atomic mass is 10.2. The van der Waals surface area contributed by atoms with Crippen LogP contribution in [0.5, 0.6) is 23.0 Å². The lowest BCUT2D eigenvalue weighted by Crippen LogP contribution is -2.32. The molecule has 178 valence electrons. The monoisotopic (exact) mass is 497 g/mol. The van der Waals surface area contributed by atoms with Crippen molar-refractivity contribution in [3.05, 3.63) is 34.3 Å². The molecule has 0 heterocycles. The fraction of sp³-hybridized carbons (Fsp3) is 0.364. The molecule has 0 aliphatic heterocycles. The highest BCUT2D eigenvalue weighted by Gasteiger charge is 2.26. The van der Waals surface area contributed by atoms with E-state index >= 15 is 0 Å². The Bertz CT molecular complexity index is 1050. The first-order chi connectivity index (χ1) is 15.8. The maximum atomic E-state index is 12.9. The Morgan fingerprint density at radius 2 is 1.64 bits per heavy atom. The summed E-state index contributed by atoms with van der Waals surface area (Å²) in [5.74, 6) is -0.0325. The van der Waals surface area contributed by atoms with Crippen LogP contribution in [0.4, 0.5) is 11.4 Å². The molecular formula is C22H25Cl2N3O6. The first-order valence-electron chi connectivity index (χ1n) is 9.99. The number of Topliss-reactive ketones (excluding diaryl/α,β-unsaturated/α-hetero) is 1. The standard InChI is InChI=1S/C22H25Cl2N3O6/c1-6-32-17-11-13(23)10-14(21(17)33-7-2)26-27-19(12(3)28)22(29)25-20-16(31-5)9-8-15(30-4)18(20)24/h8-11,19H,6-7H2,1-5H3,(H,25,29). The van der Waals surface area contributed by atoms with E-state index in [1.165, 1.54) is 27.2 Å². The number of azo groups is 1. The van der Waals surface area contributed by atoms with E-state index in [-0.39, 0.29) is 22.1 Å². The predicted octanol–water partition coefficient (Wildman–Crippen LogP) is 5.49. The number of anilines is 1. The van der Waals surface area contributed by atoms with E-state index in [0.717, 1.165) is 0 Å². The Labute approximate surface area is 202 Å². The summed E-state index contributed by atoms with van der Waals surface area (Å²) in [6, 6.07) is 4.77. The molecule has 0 aromatic heterocycles. The van der Waals surface area contributed by atoms with Crippen LogP contribution in [0.2, 0.25) is 10.0 Å². The van der Waals surface area contributed by atoms with Gasteiger partial charge in [-0.25, -0.2) is 0 Å². The van der Waals surface area contributed by atoms with E-state index in [2.05, 4.69) is 15.5 Å². The third-order valence-electron chi connectivity index (χ3n) is 4.26. The molecule has 2 rings (SSSR count). The molecule has 0 saturated heterocycles. The topological polar surface area (TPSA) is 108 Å². The largest absolute Gasteiger partial charge is 0.495 e. The van der Waals surface area contributed by atoms with E-state index in [0.29, 0.717) is 35.5 Å². The number of carbonyl (C=O) groups is 2. The van der Waals surface area contributed by atoms with Crippen molar-refractivity contribution in [2.75, 3.05) is 32.8 Å². The molecule has 33 heavy (non-hydrogen) atoms. The molecule has 0 aliphatic rings. The predicted molar refractivity (Wildman–Crippen MR) is 126 cm³/mol. The molecule has 1 unspecified atom stereocenters. The molecule has 0 saturated carbocycles. The van der Waals surface area contributed by atoms with Gasteiger partial charge in [-0.2, -0.15) is 10.2 Å². The number of benzene rings is 2. The summed E-state index contributed by atoms with van der Waals surface area (Å²) in [6.45, 7) is 5.53. The average molecular weight is 498 g/mol. The first-order valence-corrected chi connectivity index (χ1v) is 10.7. The van der Waals surface area contributed by atoms with Crippen molar-refractivity contribution in [1.82, 2.24) is 0 Å². The van der Waals surface area contributed by atoms with E-state index in [9.17, 15) is 9.59 Å². The molecule has 0 aliphatic carbocycles. The zero-order valence-electron chi connectivity index (χ0n) is 18.9. The molecule has 9 nitrogen and oxygen atoms in total. The van der Waals surface area contributed by atoms with Crippen molar-refractivity contribution in [3.63, 3.8) is 0 Å². The van der Waals surface area contributed by atoms with Crippen LogP contribution in [0.15, 0.2) is 34.5 Å². The second kappa shape index (κ2) is 12.3. The molecular weight excluding hydrogens is 473 g/mol. The smallest absolute Gasteiger partial charge is 0.258 e. The van der Waals surface area contributed by atoms with Crippen LogP contribution >= 0.6 is 23.2 Å². The Hall–Kier alpha value is -3.04. The van der Waals surface area contributed by atoms with Crippen molar-refractivity contribution < 1.29 is 28.5 Å². The van der Waals surface area contributed by atoms with Gasteiger partial charge >= 0.3 is 0 Å². The molecule has 0 fully saturated rings. The number of nitrogens with zero attached hydrogens (tertiary/aromatic N) is 2. The van der Waals surface area contributed by atoms with Crippen molar-refractivity contribution in [3.8, 4) is 23.0 Å². The Balaban J connectivity index is 2.42. The van der Waals surface area contributed by atoms with Crippen molar-refractivity contribution in [1.29, 1.82) is 0 Å². The fourth-order valence-corrected chi connectivity index (χ4v) is 3.28. The van der Waals surface area contributed by atoms with Gasteiger partial charge in [0.05, 0.1) is 27.4 Å². The van der Waals surface area contributed by atoms with Gasteiger partial charge in [0.25, 0.3) is 5.91 Å². The zero-order valence-corrected chi connectivity index (χ0v) is 20.4. The summed E-state index contributed by atoms with van der Waals surface area (Å²) in [7, 11) is 2.85. The number of ketones is 1. The van der Waals surface area contributed by atoms with Crippen LogP contribution in [-0.4, -0.2) is 45.2 Å². The zero-order chi connectivity index (χ0) is 24.5. The summed E-state index contributed by atoms with van der Waals surface area (Å²) < 4.78 is 21.6. The minimum absolute atomic E-state index is 0.110. The molecule has 1 atom stereocenters. The van der Waals surface area contributed by atoms with Gasteiger partial charge in [-0.15, -0.1) is 0 Å². The van der Waals surface area contributed by atoms with Crippen LogP contribution in [0.1, 0.15) is 20.8 Å². The SMILES string of the molecule is CCOc1cc(Cl)cc(N=NC(C(C)=O)C(=O)Nc2c(OC)ccc(OC)c2Cl)c1OCC. The summed E-state index contributed by atoms with van der Waals surface area (Å²) in [6.07, 6.45) is 0. The van der Waals surface area contributed by atoms with Gasteiger partial charge in [-0.05, 0) is 39.0 Å². The van der Waals surface area contributed by atoms with Crippen LogP contribution < -0.4 is 24.3 Å². The highest BCUT2D eigenvalue weighted by Crippen LogP contribution is 2.41. The quantitative estimate of drug-likeness (QED) is 0.324. The van der Waals surface area contributed by atoms with Crippen molar-refractivity contribution >= 4 is 46.3 Å². The third kappa shape index (κ3) is 6.49. The normalized spacial score (nSPS) is 11.7. The minimum Gasteiger partial charge on any atom is -0.495 e. The minimum atomic E-state index is -1.47. The summed E-state index contributed by atoms with van der Waals surface area (Å²) >= 11 is 12.5. The molecule has 0 radical (unpaired) electrons.